The normalized spacial score (nSPS) is 14.7. The molecule has 3 aromatic heterocycles. The van der Waals surface area contributed by atoms with E-state index >= 15 is 0 Å². The fraction of sp³-hybridized carbons (Fsp3) is 0.533. The van der Waals surface area contributed by atoms with E-state index in [2.05, 4.69) is 98.3 Å². The highest BCUT2D eigenvalue weighted by atomic mass is 127. The molecular formula is C92H132Cl2IN17O14. The lowest BCUT2D eigenvalue weighted by Crippen LogP contribution is -2.52. The van der Waals surface area contributed by atoms with Crippen molar-refractivity contribution < 1.29 is 68.5 Å². The summed E-state index contributed by atoms with van der Waals surface area (Å²) in [5.74, 6) is 4.70. The summed E-state index contributed by atoms with van der Waals surface area (Å²) in [5, 5.41) is 39.9. The second-order valence-electron chi connectivity index (χ2n) is 34.5. The Hall–Kier alpha value is -10.3. The number of aromatic nitrogens is 6. The first-order chi connectivity index (χ1) is 59.8. The fourth-order valence-corrected chi connectivity index (χ4v) is 13.4. The van der Waals surface area contributed by atoms with Crippen molar-refractivity contribution in [2.75, 3.05) is 141 Å². The number of carbonyl (C=O) groups excluding carboxylic acids is 7. The minimum atomic E-state index is -0.521. The van der Waals surface area contributed by atoms with Crippen molar-refractivity contribution in [3.63, 3.8) is 0 Å². The molecule has 690 valence electrons. The van der Waals surface area contributed by atoms with Gasteiger partial charge in [-0.3, -0.25) is 4.57 Å². The molecule has 5 aliphatic rings. The highest BCUT2D eigenvalue weighted by molar-refractivity contribution is 14.1. The van der Waals surface area contributed by atoms with Gasteiger partial charge in [0.2, 0.25) is 0 Å². The maximum atomic E-state index is 12.4. The number of phenols is 1. The summed E-state index contributed by atoms with van der Waals surface area (Å²) < 4.78 is 40.0. The lowest BCUT2D eigenvalue weighted by molar-refractivity contribution is 0.0151. The van der Waals surface area contributed by atoms with Gasteiger partial charge in [-0.2, -0.15) is 5.26 Å². The number of rotatable bonds is 8. The van der Waals surface area contributed by atoms with Crippen LogP contribution in [0.25, 0.3) is 0 Å². The third kappa shape index (κ3) is 37.7. The zero-order chi connectivity index (χ0) is 94.5. The van der Waals surface area contributed by atoms with Crippen molar-refractivity contribution in [2.24, 2.45) is 0 Å². The van der Waals surface area contributed by atoms with Crippen molar-refractivity contribution in [3.8, 4) is 29.1 Å². The summed E-state index contributed by atoms with van der Waals surface area (Å²) in [7, 11) is 0. The highest BCUT2D eigenvalue weighted by Crippen LogP contribution is 2.29. The van der Waals surface area contributed by atoms with Gasteiger partial charge in [0.1, 0.15) is 52.2 Å². The number of nitrogens with one attached hydrogen (secondary N) is 2. The van der Waals surface area contributed by atoms with Gasteiger partial charge in [0.05, 0.1) is 0 Å². The number of halogens is 3. The molecule has 0 unspecified atom stereocenters. The van der Waals surface area contributed by atoms with Crippen LogP contribution in [-0.2, 0) is 14.2 Å². The van der Waals surface area contributed by atoms with Gasteiger partial charge in [0.25, 0.3) is 0 Å². The Labute approximate surface area is 769 Å². The van der Waals surface area contributed by atoms with Crippen molar-refractivity contribution in [3.05, 3.63) is 176 Å². The Morgan fingerprint density at radius 1 is 0.437 bits per heavy atom. The van der Waals surface area contributed by atoms with Crippen molar-refractivity contribution in [1.82, 2.24) is 74.9 Å². The molecule has 8 heterocycles. The molecule has 0 saturated carbocycles. The van der Waals surface area contributed by atoms with E-state index in [1.807, 2.05) is 177 Å². The number of imidazole rings is 1. The molecule has 7 amide bonds. The van der Waals surface area contributed by atoms with E-state index in [1.54, 1.807) is 83.1 Å². The van der Waals surface area contributed by atoms with Crippen LogP contribution in [0.15, 0.2) is 116 Å². The summed E-state index contributed by atoms with van der Waals surface area (Å²) in [6.45, 7) is 54.4. The van der Waals surface area contributed by atoms with Gasteiger partial charge in [-0.15, -0.1) is 20.4 Å². The molecule has 3 N–H and O–H groups in total. The number of ether oxygens (including phenoxy) is 6. The zero-order valence-electron chi connectivity index (χ0n) is 78.2. The molecule has 5 fully saturated rings. The minimum Gasteiger partial charge on any atom is -0.508 e. The number of hydrogen-bond donors (Lipinski definition) is 3. The Kier molecular flexibility index (Phi) is 43.2. The Bertz CT molecular complexity index is 4600. The van der Waals surface area contributed by atoms with E-state index in [0.717, 1.165) is 50.4 Å². The first-order valence-corrected chi connectivity index (χ1v) is 44.7. The first-order valence-electron chi connectivity index (χ1n) is 43.1. The number of phenolic OH excluding ortho intramolecular Hbond substituents is 1. The number of nitriles is 1. The van der Waals surface area contributed by atoms with Gasteiger partial charge in [-0.05, 0) is 236 Å². The summed E-state index contributed by atoms with van der Waals surface area (Å²) in [6.07, 6.45) is 2.81. The van der Waals surface area contributed by atoms with Crippen molar-refractivity contribution in [2.45, 2.75) is 186 Å². The van der Waals surface area contributed by atoms with E-state index in [0.29, 0.717) is 165 Å². The van der Waals surface area contributed by atoms with Crippen LogP contribution in [-0.4, -0.2) is 265 Å². The molecule has 4 aromatic carbocycles. The van der Waals surface area contributed by atoms with Crippen LogP contribution in [0.5, 0.6) is 23.0 Å². The number of anilines is 1. The molecule has 0 aliphatic carbocycles. The number of benzene rings is 4. The number of amides is 7. The number of hydrogen-bond acceptors (Lipinski definition) is 23. The standard InChI is InChI=1S/C20H23N5O2.C20H30N2O4.C15H22N2O2.C13H20N4O3.C10H14O.C9H18N2O2.C4H2Cl2N2.CH3I/c1-14(2)18-6-5-17(12-15(18)3)27-20(26)25-10-8-24(9-11-25)19-7-4-16(13-21)22-23-19;1-14(2)17-8-7-16(13-15(17)3)25-18(23)21-9-11-22(12-10-21)19(24)26-20(4,5)6;1-11(2)14-5-4-13(10-12(14)3)19-15(18)17-8-6-16-7-9-17;1-13(2,3)20-12(19)16-8-6-15(7-9-16)11(18)17-5-4-14-10-17;1-7(2)10-5-4-9(11)6-8(10)3;1-9(2,3)13-8(12)11-6-4-10-5-7-11;5-3-1-2-4(6)8-7-3;1-2/h4-7,12,14H,8-11H2,1-3H3;7-8,13-14H,9-12H2,1-6H3;4-5,10-11,16H,6-9H2,1-3H3;4-5,10H,6-9H2,1-3H3;4-7,11H,1-3H3;10H,4-7H2,1-3H3;1-2H;1H3/i;;;;;;;1D. The van der Waals surface area contributed by atoms with E-state index in [4.69, 9.17) is 63.4 Å². The van der Waals surface area contributed by atoms with Crippen LogP contribution in [0.1, 0.15) is 193 Å². The van der Waals surface area contributed by atoms with E-state index in [-0.39, 0.29) is 48.2 Å². The average Bonchev–Trinajstić information content (AvgIpc) is 1.43. The SMILES string of the molecule is CC(C)(C)OC(=O)N1CCN(C(=O)n2ccnc2)CC1.CC(C)(C)OC(=O)N1CCNCC1.Cc1cc(O)ccc1C(C)C.Cc1cc(OC(=O)N2CCN(C(=O)OC(C)(C)C)CC2)ccc1C(C)C.Cc1cc(OC(=O)N2CCN(c3ccc(C#N)nn3)CC2)ccc1C(C)C.Cc1cc(OC(=O)N2CCNCC2)ccc1C(C)C.Clc1ccc(Cl)nn1.[2H]CI. The molecule has 5 saturated heterocycles. The monoisotopic (exact) mass is 1900 g/mol. The Morgan fingerprint density at radius 3 is 1.03 bits per heavy atom. The lowest BCUT2D eigenvalue weighted by Gasteiger charge is -2.35. The van der Waals surface area contributed by atoms with Gasteiger partial charge in [-0.1, -0.05) is 125 Å². The summed E-state index contributed by atoms with van der Waals surface area (Å²) in [4.78, 5) is 102. The van der Waals surface area contributed by atoms with Crippen LogP contribution in [0, 0.1) is 39.0 Å². The molecule has 7 aromatic rings. The molecule has 0 bridgehead atoms. The second kappa shape index (κ2) is 52.1. The highest BCUT2D eigenvalue weighted by Gasteiger charge is 2.32. The van der Waals surface area contributed by atoms with Gasteiger partial charge in [0, 0.05) is 145 Å². The molecule has 0 atom stereocenters. The van der Waals surface area contributed by atoms with Gasteiger partial charge >= 0.3 is 42.6 Å². The molecule has 5 aliphatic heterocycles. The molecule has 31 nitrogen and oxygen atoms in total. The smallest absolute Gasteiger partial charge is 0.415 e. The number of piperazine rings is 5. The summed E-state index contributed by atoms with van der Waals surface area (Å²) >= 11 is 12.7. The van der Waals surface area contributed by atoms with Crippen LogP contribution in [0.2, 0.25) is 10.3 Å². The third-order valence-corrected chi connectivity index (χ3v) is 20.0. The van der Waals surface area contributed by atoms with Crippen LogP contribution >= 0.6 is 45.8 Å². The lowest BCUT2D eigenvalue weighted by atomic mass is 9.98. The number of carbonyl (C=O) groups is 7. The predicted octanol–water partition coefficient (Wildman–Crippen LogP) is 17.7. The number of alkyl halides is 1. The summed E-state index contributed by atoms with van der Waals surface area (Å²) in [5.41, 5.74) is 8.56. The second-order valence-corrected chi connectivity index (χ2v) is 35.3. The first kappa shape index (κ1) is 104. The zero-order valence-corrected chi connectivity index (χ0v) is 80.9. The molecule has 12 rings (SSSR count). The number of aryl methyl sites for hydroxylation is 4. The molecule has 0 spiro atoms. The topological polar surface area (TPSA) is 338 Å². The Balaban J connectivity index is 0.000000269. The minimum absolute atomic E-state index is 0.119. The average molecular weight is 1900 g/mol. The summed E-state index contributed by atoms with van der Waals surface area (Å²) in [6, 6.07) is 31.3. The Morgan fingerprint density at radius 2 is 0.746 bits per heavy atom. The van der Waals surface area contributed by atoms with E-state index < -0.39 is 11.2 Å². The van der Waals surface area contributed by atoms with Crippen molar-refractivity contribution >= 4 is 94.2 Å². The quantitative estimate of drug-likeness (QED) is 0.0723. The number of nitrogens with zero attached hydrogens (tertiary/aromatic N) is 15. The largest absolute Gasteiger partial charge is 0.508 e. The molecule has 0 radical (unpaired) electrons. The maximum Gasteiger partial charge on any atom is 0.415 e. The predicted molar refractivity (Wildman–Crippen MR) is 500 cm³/mol. The molecule has 126 heavy (non-hydrogen) atoms. The van der Waals surface area contributed by atoms with Gasteiger partial charge in [0.15, 0.2) is 21.8 Å². The van der Waals surface area contributed by atoms with Crippen LogP contribution in [0.3, 0.4) is 0 Å². The third-order valence-electron chi connectivity index (χ3n) is 19.6. The van der Waals surface area contributed by atoms with Crippen molar-refractivity contribution in [1.29, 1.82) is 5.26 Å². The van der Waals surface area contributed by atoms with E-state index in [9.17, 15) is 33.6 Å². The van der Waals surface area contributed by atoms with E-state index in [1.165, 1.54) is 44.3 Å². The van der Waals surface area contributed by atoms with Crippen LogP contribution in [0.4, 0.5) is 39.4 Å². The van der Waals surface area contributed by atoms with Gasteiger partial charge in [-0.25, -0.2) is 38.5 Å². The maximum absolute atomic E-state index is 12.4. The number of aromatic hydroxyl groups is 1. The van der Waals surface area contributed by atoms with Gasteiger partial charge < -0.3 is 83.4 Å². The molecule has 34 heteroatoms. The molecular weight excluding hydrogens is 1760 g/mol. The van der Waals surface area contributed by atoms with Crippen LogP contribution < -0.4 is 29.7 Å². The fourth-order valence-electron chi connectivity index (χ4n) is 13.2.